The number of rotatable bonds is 7. The molecule has 0 bridgehead atoms. The third kappa shape index (κ3) is 5.53. The lowest BCUT2D eigenvalue weighted by molar-refractivity contribution is 0.0951. The molecule has 8 heteroatoms. The van der Waals surface area contributed by atoms with Crippen molar-refractivity contribution >= 4 is 44.8 Å². The molecule has 0 saturated carbocycles. The number of carbonyl (C=O) groups is 1. The van der Waals surface area contributed by atoms with Gasteiger partial charge in [0.2, 0.25) is 10.0 Å². The van der Waals surface area contributed by atoms with E-state index >= 15 is 0 Å². The molecule has 156 valence electrons. The normalized spacial score (nSPS) is 11.2. The molecule has 0 fully saturated rings. The van der Waals surface area contributed by atoms with Crippen LogP contribution in [0.4, 0.5) is 5.69 Å². The summed E-state index contributed by atoms with van der Waals surface area (Å²) < 4.78 is 25.9. The number of anilines is 1. The number of benzene rings is 3. The Kier molecular flexibility index (Phi) is 7.02. The molecule has 0 radical (unpaired) electrons. The molecule has 0 unspecified atom stereocenters. The van der Waals surface area contributed by atoms with Gasteiger partial charge in [0.25, 0.3) is 5.91 Å². The van der Waals surface area contributed by atoms with Crippen LogP contribution in [0.15, 0.2) is 72.8 Å². The molecular weight excluding hydrogens is 443 g/mol. The summed E-state index contributed by atoms with van der Waals surface area (Å²) in [6.45, 7) is 0.487. The summed E-state index contributed by atoms with van der Waals surface area (Å²) in [5, 5.41) is 3.30. The zero-order valence-corrected chi connectivity index (χ0v) is 18.5. The van der Waals surface area contributed by atoms with Gasteiger partial charge in [-0.2, -0.15) is 0 Å². The second kappa shape index (κ2) is 9.51. The predicted octanol–water partition coefficient (Wildman–Crippen LogP) is 4.89. The lowest BCUT2D eigenvalue weighted by atomic mass is 10.1. The zero-order valence-electron chi connectivity index (χ0n) is 16.2. The van der Waals surface area contributed by atoms with Crippen LogP contribution < -0.4 is 9.62 Å². The highest BCUT2D eigenvalue weighted by Crippen LogP contribution is 2.34. The number of halogens is 2. The molecule has 0 heterocycles. The monoisotopic (exact) mass is 462 g/mol. The van der Waals surface area contributed by atoms with Gasteiger partial charge in [0.15, 0.2) is 0 Å². The molecule has 0 spiro atoms. The minimum Gasteiger partial charge on any atom is -0.348 e. The van der Waals surface area contributed by atoms with Gasteiger partial charge < -0.3 is 5.32 Å². The topological polar surface area (TPSA) is 66.5 Å². The number of hydrogen-bond acceptors (Lipinski definition) is 3. The second-order valence-electron chi connectivity index (χ2n) is 6.71. The minimum atomic E-state index is -3.61. The summed E-state index contributed by atoms with van der Waals surface area (Å²) in [7, 11) is -3.61. The van der Waals surface area contributed by atoms with Gasteiger partial charge in [0, 0.05) is 12.1 Å². The van der Waals surface area contributed by atoms with E-state index in [0.29, 0.717) is 23.4 Å². The molecule has 3 aromatic carbocycles. The Morgan fingerprint density at radius 1 is 0.900 bits per heavy atom. The highest BCUT2D eigenvalue weighted by molar-refractivity contribution is 7.92. The Balaban J connectivity index is 1.74. The molecule has 3 aromatic rings. The number of nitrogens with one attached hydrogen (secondary N) is 1. The van der Waals surface area contributed by atoms with Crippen LogP contribution in [-0.2, 0) is 23.1 Å². The Labute approximate surface area is 186 Å². The van der Waals surface area contributed by atoms with E-state index in [4.69, 9.17) is 23.2 Å². The van der Waals surface area contributed by atoms with Gasteiger partial charge in [-0.3, -0.25) is 9.10 Å². The summed E-state index contributed by atoms with van der Waals surface area (Å²) in [5.41, 5.74) is 2.50. The molecular formula is C22H20Cl2N2O3S. The average Bonchev–Trinajstić information content (AvgIpc) is 2.73. The van der Waals surface area contributed by atoms with Crippen LogP contribution in [-0.4, -0.2) is 20.6 Å². The maximum Gasteiger partial charge on any atom is 0.251 e. The molecule has 0 aliphatic rings. The number of amides is 1. The Hall–Kier alpha value is -2.54. The quantitative estimate of drug-likeness (QED) is 0.543. The molecule has 0 aromatic heterocycles. The van der Waals surface area contributed by atoms with E-state index in [-0.39, 0.29) is 22.5 Å². The molecule has 0 saturated heterocycles. The summed E-state index contributed by atoms with van der Waals surface area (Å²) in [6, 6.07) is 21.2. The smallest absolute Gasteiger partial charge is 0.251 e. The number of carbonyl (C=O) groups excluding carboxylic acids is 1. The van der Waals surface area contributed by atoms with Crippen molar-refractivity contribution in [1.29, 1.82) is 0 Å². The molecule has 0 aliphatic carbocycles. The van der Waals surface area contributed by atoms with Crippen molar-refractivity contribution < 1.29 is 13.2 Å². The molecule has 30 heavy (non-hydrogen) atoms. The van der Waals surface area contributed by atoms with Crippen LogP contribution in [0.3, 0.4) is 0 Å². The molecule has 1 amide bonds. The van der Waals surface area contributed by atoms with Crippen molar-refractivity contribution in [2.24, 2.45) is 0 Å². The van der Waals surface area contributed by atoms with Gasteiger partial charge in [-0.25, -0.2) is 8.42 Å². The summed E-state index contributed by atoms with van der Waals surface area (Å²) in [4.78, 5) is 12.4. The van der Waals surface area contributed by atoms with Crippen LogP contribution in [0.1, 0.15) is 21.5 Å². The third-order valence-electron chi connectivity index (χ3n) is 4.44. The Morgan fingerprint density at radius 3 is 2.20 bits per heavy atom. The van der Waals surface area contributed by atoms with Crippen molar-refractivity contribution in [3.05, 3.63) is 99.5 Å². The van der Waals surface area contributed by atoms with Gasteiger partial charge >= 0.3 is 0 Å². The predicted molar refractivity (Wildman–Crippen MR) is 122 cm³/mol. The van der Waals surface area contributed by atoms with Gasteiger partial charge in [0.1, 0.15) is 0 Å². The highest BCUT2D eigenvalue weighted by atomic mass is 35.5. The number of hydrogen-bond donors (Lipinski definition) is 1. The summed E-state index contributed by atoms with van der Waals surface area (Å²) in [5.74, 6) is -0.205. The van der Waals surface area contributed by atoms with Gasteiger partial charge in [-0.05, 0) is 35.4 Å². The fourth-order valence-corrected chi connectivity index (χ4v) is 4.21. The molecule has 3 rings (SSSR count). The van der Waals surface area contributed by atoms with Crippen molar-refractivity contribution in [3.8, 4) is 0 Å². The van der Waals surface area contributed by atoms with Crippen LogP contribution in [0, 0.1) is 0 Å². The lowest BCUT2D eigenvalue weighted by Gasteiger charge is -2.24. The number of nitrogens with zero attached hydrogens (tertiary/aromatic N) is 1. The van der Waals surface area contributed by atoms with Gasteiger partial charge in [-0.1, -0.05) is 71.7 Å². The van der Waals surface area contributed by atoms with Crippen molar-refractivity contribution in [2.45, 2.75) is 13.1 Å². The van der Waals surface area contributed by atoms with Crippen LogP contribution >= 0.6 is 23.2 Å². The second-order valence-corrected chi connectivity index (χ2v) is 9.40. The first-order valence-electron chi connectivity index (χ1n) is 9.08. The summed E-state index contributed by atoms with van der Waals surface area (Å²) >= 11 is 12.3. The van der Waals surface area contributed by atoms with E-state index in [1.165, 1.54) is 4.31 Å². The molecule has 0 aliphatic heterocycles. The van der Waals surface area contributed by atoms with E-state index in [1.54, 1.807) is 42.5 Å². The SMILES string of the molecule is CS(=O)(=O)N(Cc1ccc(C(=O)NCc2ccccc2)cc1)c1cccc(Cl)c1Cl. The maximum atomic E-state index is 12.4. The van der Waals surface area contributed by atoms with E-state index < -0.39 is 10.0 Å². The Morgan fingerprint density at radius 2 is 1.57 bits per heavy atom. The van der Waals surface area contributed by atoms with Gasteiger partial charge in [-0.15, -0.1) is 0 Å². The number of sulfonamides is 1. The van der Waals surface area contributed by atoms with Crippen LogP contribution in [0.2, 0.25) is 10.0 Å². The lowest BCUT2D eigenvalue weighted by Crippen LogP contribution is -2.29. The molecule has 5 nitrogen and oxygen atoms in total. The minimum absolute atomic E-state index is 0.0603. The van der Waals surface area contributed by atoms with E-state index in [9.17, 15) is 13.2 Å². The fourth-order valence-electron chi connectivity index (χ4n) is 2.87. The summed E-state index contributed by atoms with van der Waals surface area (Å²) in [6.07, 6.45) is 1.11. The Bertz CT molecular complexity index is 1130. The standard InChI is InChI=1S/C22H20Cl2N2O3S/c1-30(28,29)26(20-9-5-8-19(23)21(20)24)15-17-10-12-18(13-11-17)22(27)25-14-16-6-3-2-4-7-16/h2-13H,14-15H2,1H3,(H,25,27). The maximum absolute atomic E-state index is 12.4. The first-order chi connectivity index (χ1) is 14.3. The van der Waals surface area contributed by atoms with Crippen LogP contribution in [0.5, 0.6) is 0 Å². The van der Waals surface area contributed by atoms with Crippen molar-refractivity contribution in [2.75, 3.05) is 10.6 Å². The fraction of sp³-hybridized carbons (Fsp3) is 0.136. The third-order valence-corrected chi connectivity index (χ3v) is 6.37. The van der Waals surface area contributed by atoms with Crippen molar-refractivity contribution in [3.63, 3.8) is 0 Å². The highest BCUT2D eigenvalue weighted by Gasteiger charge is 2.21. The molecule has 0 atom stereocenters. The van der Waals surface area contributed by atoms with Gasteiger partial charge in [0.05, 0.1) is 28.5 Å². The van der Waals surface area contributed by atoms with Crippen molar-refractivity contribution in [1.82, 2.24) is 5.32 Å². The van der Waals surface area contributed by atoms with E-state index in [2.05, 4.69) is 5.32 Å². The zero-order chi connectivity index (χ0) is 21.7. The van der Waals surface area contributed by atoms with E-state index in [1.807, 2.05) is 30.3 Å². The van der Waals surface area contributed by atoms with E-state index in [0.717, 1.165) is 11.8 Å². The first kappa shape index (κ1) is 22.2. The first-order valence-corrected chi connectivity index (χ1v) is 11.7. The van der Waals surface area contributed by atoms with Crippen LogP contribution in [0.25, 0.3) is 0 Å². The largest absolute Gasteiger partial charge is 0.348 e. The molecule has 1 N–H and O–H groups in total. The average molecular weight is 463 g/mol.